The molecule has 0 unspecified atom stereocenters. The van der Waals surface area contributed by atoms with Crippen LogP contribution in [0.5, 0.6) is 0 Å². The summed E-state index contributed by atoms with van der Waals surface area (Å²) in [6.45, 7) is 4.88. The first-order valence-corrected chi connectivity index (χ1v) is 4.47. The van der Waals surface area contributed by atoms with Crippen LogP contribution in [-0.4, -0.2) is 6.54 Å². The van der Waals surface area contributed by atoms with Crippen LogP contribution in [0.3, 0.4) is 0 Å². The van der Waals surface area contributed by atoms with Gasteiger partial charge in [-0.15, -0.1) is 6.54 Å². The molecule has 0 saturated heterocycles. The van der Waals surface area contributed by atoms with Crippen molar-refractivity contribution in [2.45, 2.75) is 26.2 Å². The Balaban J connectivity index is 0.00000144. The van der Waals surface area contributed by atoms with Crippen molar-refractivity contribution in [2.24, 2.45) is 0 Å². The van der Waals surface area contributed by atoms with E-state index in [1.165, 1.54) is 11.1 Å². The van der Waals surface area contributed by atoms with Crippen LogP contribution in [0.25, 0.3) is 5.73 Å². The third-order valence-electron chi connectivity index (χ3n) is 2.06. The van der Waals surface area contributed by atoms with E-state index in [2.05, 4.69) is 38.1 Å². The molecule has 0 bridgehead atoms. The Hall–Kier alpha value is 0.622. The van der Waals surface area contributed by atoms with Gasteiger partial charge in [-0.3, -0.25) is 0 Å². The number of hydrogen-bond acceptors (Lipinski definition) is 0. The van der Waals surface area contributed by atoms with Crippen molar-refractivity contribution in [3.05, 3.63) is 41.1 Å². The molecule has 0 spiro atoms. The molecule has 0 atom stereocenters. The Bertz CT molecular complexity index is 228. The molecule has 1 aromatic rings. The van der Waals surface area contributed by atoms with Crippen molar-refractivity contribution < 1.29 is 44.1 Å². The van der Waals surface area contributed by atoms with E-state index in [1.807, 2.05) is 0 Å². The van der Waals surface area contributed by atoms with Crippen LogP contribution in [0.1, 0.15) is 30.9 Å². The Morgan fingerprint density at radius 1 is 1.15 bits per heavy atom. The Labute approximate surface area is 117 Å². The van der Waals surface area contributed by atoms with Gasteiger partial charge in [-0.1, -0.05) is 38.1 Å². The van der Waals surface area contributed by atoms with Crippen LogP contribution in [0.15, 0.2) is 24.3 Å². The number of hydrogen-bond donors (Lipinski definition) is 0. The molecule has 2 heteroatoms. The summed E-state index contributed by atoms with van der Waals surface area (Å²) in [4.78, 5) is 0. The summed E-state index contributed by atoms with van der Waals surface area (Å²) in [6, 6.07) is 8.58. The monoisotopic (exact) mass is 389 g/mol. The predicted octanol–water partition coefficient (Wildman–Crippen LogP) is 3.40. The average molecular weight is 389 g/mol. The van der Waals surface area contributed by atoms with E-state index in [9.17, 15) is 0 Å². The molecule has 13 heavy (non-hydrogen) atoms. The first kappa shape index (κ1) is 13.6. The molecule has 69 valence electrons. The fraction of sp³-hybridized carbons (Fsp3) is 0.455. The van der Waals surface area contributed by atoms with Crippen LogP contribution in [-0.2, 0) is 6.42 Å². The molecule has 0 fully saturated rings. The normalized spacial score (nSPS) is 9.85. The third kappa shape index (κ3) is 4.59. The van der Waals surface area contributed by atoms with Gasteiger partial charge in [-0.05, 0) is 23.5 Å². The number of benzene rings is 1. The molecule has 1 rings (SSSR count). The summed E-state index contributed by atoms with van der Waals surface area (Å²) >= 11 is 0. The quantitative estimate of drug-likeness (QED) is 0.757. The Kier molecular flexibility index (Phi) is 7.32. The van der Waals surface area contributed by atoms with Crippen molar-refractivity contribution in [3.63, 3.8) is 0 Å². The van der Waals surface area contributed by atoms with E-state index >= 15 is 0 Å². The van der Waals surface area contributed by atoms with Crippen molar-refractivity contribution >= 4 is 0 Å². The van der Waals surface area contributed by atoms with Gasteiger partial charge in [0.2, 0.25) is 0 Å². The van der Waals surface area contributed by atoms with E-state index in [0.29, 0.717) is 12.5 Å². The fourth-order valence-electron chi connectivity index (χ4n) is 1.21. The van der Waals surface area contributed by atoms with Crippen molar-refractivity contribution in [1.82, 2.24) is 0 Å². The van der Waals surface area contributed by atoms with E-state index < -0.39 is 0 Å². The minimum Gasteiger partial charge on any atom is -0.677 e. The third-order valence-corrected chi connectivity index (χ3v) is 2.06. The maximum absolute atomic E-state index is 7.08. The van der Waals surface area contributed by atoms with Crippen LogP contribution in [0.4, 0.5) is 0 Å². The zero-order chi connectivity index (χ0) is 8.97. The topological polar surface area (TPSA) is 23.8 Å². The van der Waals surface area contributed by atoms with E-state index in [-0.39, 0.29) is 44.1 Å². The maximum Gasteiger partial charge on any atom is 0 e. The molecular formula is C11H16AcN-. The van der Waals surface area contributed by atoms with Crippen molar-refractivity contribution in [3.8, 4) is 0 Å². The SMILES string of the molecule is CC(C)c1ccc(CC[NH-])cc1.[Ac]. The minimum atomic E-state index is 0. The molecule has 0 saturated carbocycles. The largest absolute Gasteiger partial charge is 0.677 e. The second kappa shape index (κ2) is 6.99. The molecule has 1 N–H and O–H groups in total. The minimum absolute atomic E-state index is 0. The summed E-state index contributed by atoms with van der Waals surface area (Å²) in [7, 11) is 0. The predicted molar refractivity (Wildman–Crippen MR) is 53.4 cm³/mol. The Morgan fingerprint density at radius 2 is 1.69 bits per heavy atom. The van der Waals surface area contributed by atoms with E-state index in [1.54, 1.807) is 0 Å². The summed E-state index contributed by atoms with van der Waals surface area (Å²) in [5.41, 5.74) is 9.73. The smallest absolute Gasteiger partial charge is 0 e. The summed E-state index contributed by atoms with van der Waals surface area (Å²) in [6.07, 6.45) is 0.873. The number of rotatable bonds is 3. The second-order valence-corrected chi connectivity index (χ2v) is 3.40. The first-order chi connectivity index (χ1) is 5.74. The molecule has 1 aromatic carbocycles. The first-order valence-electron chi connectivity index (χ1n) is 4.47. The van der Waals surface area contributed by atoms with Gasteiger partial charge in [0, 0.05) is 44.1 Å². The van der Waals surface area contributed by atoms with E-state index in [0.717, 1.165) is 6.42 Å². The van der Waals surface area contributed by atoms with Gasteiger partial charge in [0.15, 0.2) is 0 Å². The molecule has 0 amide bonds. The van der Waals surface area contributed by atoms with Crippen molar-refractivity contribution in [2.75, 3.05) is 6.54 Å². The Morgan fingerprint density at radius 3 is 2.08 bits per heavy atom. The van der Waals surface area contributed by atoms with Gasteiger partial charge in [0.1, 0.15) is 0 Å². The van der Waals surface area contributed by atoms with Gasteiger partial charge in [-0.25, -0.2) is 0 Å². The molecule has 0 aliphatic rings. The molecule has 0 aliphatic carbocycles. The number of nitrogens with one attached hydrogen (secondary N) is 1. The van der Waals surface area contributed by atoms with Crippen LogP contribution < -0.4 is 0 Å². The van der Waals surface area contributed by atoms with Gasteiger partial charge in [-0.2, -0.15) is 0 Å². The maximum atomic E-state index is 7.08. The zero-order valence-corrected chi connectivity index (χ0v) is 13.1. The average Bonchev–Trinajstić information content (AvgIpc) is 2.06. The summed E-state index contributed by atoms with van der Waals surface area (Å²) < 4.78 is 0. The van der Waals surface area contributed by atoms with Gasteiger partial charge >= 0.3 is 0 Å². The second-order valence-electron chi connectivity index (χ2n) is 3.40. The van der Waals surface area contributed by atoms with Crippen LogP contribution in [0, 0.1) is 44.1 Å². The fourth-order valence-corrected chi connectivity index (χ4v) is 1.21. The van der Waals surface area contributed by atoms with E-state index in [4.69, 9.17) is 5.73 Å². The summed E-state index contributed by atoms with van der Waals surface area (Å²) in [5.74, 6) is 0.607. The van der Waals surface area contributed by atoms with Crippen LogP contribution in [0.2, 0.25) is 0 Å². The van der Waals surface area contributed by atoms with Gasteiger partial charge in [0.25, 0.3) is 0 Å². The van der Waals surface area contributed by atoms with Crippen molar-refractivity contribution in [1.29, 1.82) is 0 Å². The molecular weight excluding hydrogens is 373 g/mol. The summed E-state index contributed by atoms with van der Waals surface area (Å²) in [5, 5.41) is 0. The molecule has 0 aliphatic heterocycles. The molecule has 1 nitrogen and oxygen atoms in total. The molecule has 0 heterocycles. The molecule has 1 radical (unpaired) electrons. The standard InChI is InChI=1S/C11H16N.Ac/c1-9(2)11-5-3-10(4-6-11)7-8-12;/h3-6,9,12H,7-8H2,1-2H3;/q-1;. The van der Waals surface area contributed by atoms with Crippen LogP contribution >= 0.6 is 0 Å². The van der Waals surface area contributed by atoms with Gasteiger partial charge in [0.05, 0.1) is 0 Å². The zero-order valence-electron chi connectivity index (χ0n) is 8.38. The van der Waals surface area contributed by atoms with Gasteiger partial charge < -0.3 is 5.73 Å². The molecule has 0 aromatic heterocycles.